The predicted octanol–water partition coefficient (Wildman–Crippen LogP) is 14.9. The molecule has 0 heterocycles. The molecule has 0 saturated carbocycles. The molecule has 10 heteroatoms. The van der Waals surface area contributed by atoms with Gasteiger partial charge in [-0.3, -0.25) is 0 Å². The highest BCUT2D eigenvalue weighted by molar-refractivity contribution is 6.84. The summed E-state index contributed by atoms with van der Waals surface area (Å²) < 4.78 is 36.2. The molecule has 4 aromatic carbocycles. The highest BCUT2D eigenvalue weighted by Crippen LogP contribution is 2.30. The van der Waals surface area contributed by atoms with Gasteiger partial charge in [-0.15, -0.1) is 0 Å². The number of ether oxygens (including phenoxy) is 5. The van der Waals surface area contributed by atoms with Crippen molar-refractivity contribution in [2.24, 2.45) is 0 Å². The van der Waals surface area contributed by atoms with E-state index in [1.165, 1.54) is 57.8 Å². The van der Waals surface area contributed by atoms with Crippen LogP contribution in [0, 0.1) is 0 Å². The van der Waals surface area contributed by atoms with Gasteiger partial charge in [-0.25, -0.2) is 9.59 Å². The monoisotopic (exact) mass is 882 g/mol. The summed E-state index contributed by atoms with van der Waals surface area (Å²) in [6.07, 6.45) is 17.4. The first-order valence-corrected chi connectivity index (χ1v) is 29.9. The van der Waals surface area contributed by atoms with Crippen LogP contribution in [-0.2, 0) is 4.12 Å². The van der Waals surface area contributed by atoms with Crippen molar-refractivity contribution in [3.63, 3.8) is 0 Å². The van der Waals surface area contributed by atoms with E-state index in [0.717, 1.165) is 61.4 Å². The van der Waals surface area contributed by atoms with Crippen LogP contribution in [0.25, 0.3) is 11.1 Å². The van der Waals surface area contributed by atoms with E-state index < -0.39 is 28.6 Å². The normalized spacial score (nSPS) is 11.6. The maximum atomic E-state index is 13.6. The molecule has 0 bridgehead atoms. The van der Waals surface area contributed by atoms with Crippen LogP contribution < -0.4 is 23.7 Å². The quantitative estimate of drug-likeness (QED) is 0.0221. The third kappa shape index (κ3) is 19.3. The number of carbonyl (C=O) groups is 2. The number of hydrogen-bond acceptors (Lipinski definition) is 8. The van der Waals surface area contributed by atoms with E-state index in [0.29, 0.717) is 53.9 Å². The number of rotatable bonds is 30. The van der Waals surface area contributed by atoms with Crippen molar-refractivity contribution in [3.8, 4) is 39.9 Å². The molecule has 338 valence electrons. The molecule has 0 spiro atoms. The summed E-state index contributed by atoms with van der Waals surface area (Å²) in [5, 5.41) is 0. The zero-order valence-electron chi connectivity index (χ0n) is 38.9. The van der Waals surface area contributed by atoms with Crippen LogP contribution in [0.4, 0.5) is 0 Å². The summed E-state index contributed by atoms with van der Waals surface area (Å²) in [6.45, 7) is 17.7. The van der Waals surface area contributed by atoms with E-state index in [4.69, 9.17) is 27.8 Å². The highest BCUT2D eigenvalue weighted by atomic mass is 28.4. The lowest BCUT2D eigenvalue weighted by Gasteiger charge is -2.31. The van der Waals surface area contributed by atoms with Crippen LogP contribution >= 0.6 is 0 Å². The molecule has 0 unspecified atom stereocenters. The fraction of sp³-hybridized carbons (Fsp3) is 0.500. The number of carbonyl (C=O) groups excluding carboxylic acids is 2. The van der Waals surface area contributed by atoms with E-state index in [1.54, 1.807) is 42.5 Å². The molecule has 8 nitrogen and oxygen atoms in total. The maximum absolute atomic E-state index is 13.6. The van der Waals surface area contributed by atoms with Crippen molar-refractivity contribution in [3.05, 3.63) is 102 Å². The summed E-state index contributed by atoms with van der Waals surface area (Å²) >= 11 is 0. The van der Waals surface area contributed by atoms with Gasteiger partial charge in [-0.05, 0) is 130 Å². The van der Waals surface area contributed by atoms with Crippen molar-refractivity contribution in [1.82, 2.24) is 0 Å². The second-order valence-corrected chi connectivity index (χ2v) is 26.9. The lowest BCUT2D eigenvalue weighted by molar-refractivity contribution is 0.0722. The summed E-state index contributed by atoms with van der Waals surface area (Å²) in [5.74, 6) is 1.84. The number of esters is 2. The smallest absolute Gasteiger partial charge is 0.347 e. The van der Waals surface area contributed by atoms with E-state index >= 15 is 0 Å². The zero-order valence-corrected chi connectivity index (χ0v) is 40.9. The minimum atomic E-state index is -1.68. The summed E-state index contributed by atoms with van der Waals surface area (Å²) in [7, 11) is -3.24. The molecule has 4 rings (SSSR count). The molecule has 0 saturated heterocycles. The Morgan fingerprint density at radius 2 is 0.887 bits per heavy atom. The fourth-order valence-corrected chi connectivity index (χ4v) is 15.5. The van der Waals surface area contributed by atoms with Gasteiger partial charge in [-0.1, -0.05) is 115 Å². The summed E-state index contributed by atoms with van der Waals surface area (Å²) in [6, 6.07) is 28.3. The minimum Gasteiger partial charge on any atom is -0.494 e. The van der Waals surface area contributed by atoms with E-state index in [9.17, 15) is 9.59 Å². The Kier molecular flexibility index (Phi) is 21.8. The zero-order chi connectivity index (χ0) is 44.6. The van der Waals surface area contributed by atoms with Crippen LogP contribution in [-0.4, -0.2) is 48.4 Å². The SMILES string of the molecule is CCCCCCCCOc1ccc(C(=O)Oc2ccc(-c3ccc(OC(=O)c4ccc(OCCCCCCCC)cc4OCCCCC[Si](C)(C)O[Si](C)(C)C)cc3)cc2)cc1. The Hall–Kier alpha value is -4.39. The molecule has 0 aromatic heterocycles. The van der Waals surface area contributed by atoms with Gasteiger partial charge in [0.15, 0.2) is 16.6 Å². The van der Waals surface area contributed by atoms with Crippen LogP contribution in [0.2, 0.25) is 38.8 Å². The third-order valence-electron chi connectivity index (χ3n) is 10.5. The highest BCUT2D eigenvalue weighted by Gasteiger charge is 2.29. The fourth-order valence-electron chi connectivity index (χ4n) is 7.36. The van der Waals surface area contributed by atoms with Gasteiger partial charge in [0.1, 0.15) is 34.3 Å². The van der Waals surface area contributed by atoms with E-state index in [1.807, 2.05) is 48.5 Å². The van der Waals surface area contributed by atoms with E-state index in [-0.39, 0.29) is 0 Å². The first-order chi connectivity index (χ1) is 29.9. The molecule has 0 fully saturated rings. The molecular weight excluding hydrogens is 809 g/mol. The van der Waals surface area contributed by atoms with Crippen molar-refractivity contribution >= 4 is 28.6 Å². The molecule has 0 atom stereocenters. The van der Waals surface area contributed by atoms with Crippen LogP contribution in [0.1, 0.15) is 131 Å². The van der Waals surface area contributed by atoms with Gasteiger partial charge in [0.05, 0.1) is 25.4 Å². The van der Waals surface area contributed by atoms with Gasteiger partial charge < -0.3 is 27.8 Å². The molecule has 0 radical (unpaired) electrons. The Labute approximate surface area is 375 Å². The second-order valence-electron chi connectivity index (χ2n) is 17.9. The van der Waals surface area contributed by atoms with Crippen molar-refractivity contribution < 1.29 is 37.4 Å². The lowest BCUT2D eigenvalue weighted by atomic mass is 10.1. The summed E-state index contributed by atoms with van der Waals surface area (Å²) in [5.41, 5.74) is 2.66. The molecule has 62 heavy (non-hydrogen) atoms. The Bertz CT molecular complexity index is 1890. The van der Waals surface area contributed by atoms with Gasteiger partial charge in [-0.2, -0.15) is 0 Å². The van der Waals surface area contributed by atoms with Gasteiger partial charge in [0.25, 0.3) is 0 Å². The molecule has 0 amide bonds. The van der Waals surface area contributed by atoms with Crippen LogP contribution in [0.15, 0.2) is 91.0 Å². The average Bonchev–Trinajstić information content (AvgIpc) is 3.24. The van der Waals surface area contributed by atoms with Gasteiger partial charge in [0, 0.05) is 6.07 Å². The molecule has 0 aliphatic rings. The largest absolute Gasteiger partial charge is 0.494 e. The first-order valence-electron chi connectivity index (χ1n) is 23.3. The van der Waals surface area contributed by atoms with E-state index in [2.05, 4.69) is 46.6 Å². The Balaban J connectivity index is 1.29. The minimum absolute atomic E-state index is 0.357. The Morgan fingerprint density at radius 3 is 1.42 bits per heavy atom. The number of benzene rings is 4. The number of unbranched alkanes of at least 4 members (excludes halogenated alkanes) is 12. The lowest BCUT2D eigenvalue weighted by Crippen LogP contribution is -2.42. The number of hydrogen-bond donors (Lipinski definition) is 0. The third-order valence-corrected chi connectivity index (χ3v) is 16.7. The second kappa shape index (κ2) is 26.9. The van der Waals surface area contributed by atoms with Gasteiger partial charge >= 0.3 is 11.9 Å². The molecule has 0 aliphatic heterocycles. The standard InChI is InChI=1S/C52H74O8Si2/c1-8-10-12-14-16-19-37-55-45-29-27-44(28-30-45)51(53)58-46-31-23-42(24-32-46)43-25-33-47(34-26-43)59-52(54)49-36-35-48(56-38-20-17-15-13-11-9-2)41-50(49)57-39-21-18-22-40-62(6,7)60-61(3,4)5/h23-36,41H,8-22,37-40H2,1-7H3. The molecular formula is C52H74O8Si2. The van der Waals surface area contributed by atoms with Crippen molar-refractivity contribution in [2.75, 3.05) is 19.8 Å². The van der Waals surface area contributed by atoms with Crippen molar-refractivity contribution in [1.29, 1.82) is 0 Å². The predicted molar refractivity (Wildman–Crippen MR) is 258 cm³/mol. The summed E-state index contributed by atoms with van der Waals surface area (Å²) in [4.78, 5) is 26.4. The molecule has 0 aliphatic carbocycles. The first kappa shape index (κ1) is 50.3. The van der Waals surface area contributed by atoms with Crippen molar-refractivity contribution in [2.45, 2.75) is 149 Å². The average molecular weight is 883 g/mol. The van der Waals surface area contributed by atoms with Gasteiger partial charge in [0.2, 0.25) is 0 Å². The van der Waals surface area contributed by atoms with Crippen LogP contribution in [0.3, 0.4) is 0 Å². The molecule has 4 aromatic rings. The van der Waals surface area contributed by atoms with Crippen LogP contribution in [0.5, 0.6) is 28.7 Å². The Morgan fingerprint density at radius 1 is 0.452 bits per heavy atom. The topological polar surface area (TPSA) is 89.5 Å². The maximum Gasteiger partial charge on any atom is 0.347 e. The molecule has 0 N–H and O–H groups in total.